The summed E-state index contributed by atoms with van der Waals surface area (Å²) in [6.45, 7) is 9.25. The van der Waals surface area contributed by atoms with E-state index >= 15 is 0 Å². The van der Waals surface area contributed by atoms with E-state index in [9.17, 15) is 9.59 Å². The highest BCUT2D eigenvalue weighted by Crippen LogP contribution is 2.20. The van der Waals surface area contributed by atoms with Gasteiger partial charge in [0.2, 0.25) is 0 Å². The highest BCUT2D eigenvalue weighted by atomic mass is 16.5. The topological polar surface area (TPSA) is 58.6 Å². The molecule has 0 atom stereocenters. The number of nitrogens with one attached hydrogen (secondary N) is 1. The second-order valence-corrected chi connectivity index (χ2v) is 6.72. The van der Waals surface area contributed by atoms with Gasteiger partial charge in [-0.05, 0) is 30.5 Å². The summed E-state index contributed by atoms with van der Waals surface area (Å²) in [5, 5.41) is 3.24. The SMILES string of the molecule is COC(=O)/C(Cc1ccc(C(=O)N2CCNCC2)cc1)=C(\C)C(C)C. The van der Waals surface area contributed by atoms with E-state index in [4.69, 9.17) is 4.74 Å². The molecule has 1 fully saturated rings. The van der Waals surface area contributed by atoms with Gasteiger partial charge in [0, 0.05) is 43.7 Å². The number of carbonyl (C=O) groups excluding carboxylic acids is 2. The Morgan fingerprint density at radius 3 is 2.28 bits per heavy atom. The van der Waals surface area contributed by atoms with Crippen LogP contribution in [0.5, 0.6) is 0 Å². The van der Waals surface area contributed by atoms with Crippen molar-refractivity contribution in [2.45, 2.75) is 27.2 Å². The van der Waals surface area contributed by atoms with Gasteiger partial charge in [-0.15, -0.1) is 0 Å². The summed E-state index contributed by atoms with van der Waals surface area (Å²) in [6, 6.07) is 7.54. The summed E-state index contributed by atoms with van der Waals surface area (Å²) < 4.78 is 4.93. The molecule has 1 saturated heterocycles. The minimum atomic E-state index is -0.285. The zero-order chi connectivity index (χ0) is 18.4. The van der Waals surface area contributed by atoms with Crippen LogP contribution in [0, 0.1) is 5.92 Å². The van der Waals surface area contributed by atoms with E-state index in [1.165, 1.54) is 7.11 Å². The molecule has 0 spiro atoms. The maximum Gasteiger partial charge on any atom is 0.334 e. The van der Waals surface area contributed by atoms with Crippen LogP contribution >= 0.6 is 0 Å². The molecule has 0 aliphatic carbocycles. The Kier molecular flexibility index (Phi) is 6.76. The predicted molar refractivity (Wildman–Crippen MR) is 98.5 cm³/mol. The number of piperazine rings is 1. The molecule has 25 heavy (non-hydrogen) atoms. The van der Waals surface area contributed by atoms with Crippen molar-refractivity contribution < 1.29 is 14.3 Å². The Hall–Kier alpha value is -2.14. The van der Waals surface area contributed by atoms with E-state index in [1.807, 2.05) is 36.1 Å². The number of esters is 1. The third-order valence-electron chi connectivity index (χ3n) is 4.76. The van der Waals surface area contributed by atoms with E-state index < -0.39 is 0 Å². The number of methoxy groups -OCH3 is 1. The lowest BCUT2D eigenvalue weighted by Gasteiger charge is -2.27. The fraction of sp³-hybridized carbons (Fsp3) is 0.500. The zero-order valence-electron chi connectivity index (χ0n) is 15.6. The van der Waals surface area contributed by atoms with Crippen LogP contribution in [0.2, 0.25) is 0 Å². The number of amides is 1. The first-order valence-electron chi connectivity index (χ1n) is 8.81. The Morgan fingerprint density at radius 1 is 1.16 bits per heavy atom. The van der Waals surface area contributed by atoms with Gasteiger partial charge in [0.1, 0.15) is 0 Å². The molecule has 5 heteroatoms. The molecule has 1 amide bonds. The second-order valence-electron chi connectivity index (χ2n) is 6.72. The molecule has 0 aromatic heterocycles. The van der Waals surface area contributed by atoms with Crippen molar-refractivity contribution in [2.75, 3.05) is 33.3 Å². The van der Waals surface area contributed by atoms with Gasteiger partial charge in [-0.1, -0.05) is 31.6 Å². The summed E-state index contributed by atoms with van der Waals surface area (Å²) in [7, 11) is 1.41. The molecular formula is C20H28N2O3. The Bertz CT molecular complexity index is 641. The van der Waals surface area contributed by atoms with Gasteiger partial charge in [0.15, 0.2) is 0 Å². The molecular weight excluding hydrogens is 316 g/mol. The average Bonchev–Trinajstić information content (AvgIpc) is 2.65. The molecule has 0 saturated carbocycles. The maximum atomic E-state index is 12.5. The van der Waals surface area contributed by atoms with E-state index in [2.05, 4.69) is 19.2 Å². The van der Waals surface area contributed by atoms with Gasteiger partial charge in [0.25, 0.3) is 5.91 Å². The minimum Gasteiger partial charge on any atom is -0.466 e. The quantitative estimate of drug-likeness (QED) is 0.658. The Labute approximate surface area is 150 Å². The fourth-order valence-electron chi connectivity index (χ4n) is 2.86. The summed E-state index contributed by atoms with van der Waals surface area (Å²) in [5.74, 6) is 0.0602. The van der Waals surface area contributed by atoms with Crippen molar-refractivity contribution in [3.05, 3.63) is 46.5 Å². The lowest BCUT2D eigenvalue weighted by Crippen LogP contribution is -2.46. The molecule has 1 aromatic carbocycles. The van der Waals surface area contributed by atoms with Gasteiger partial charge >= 0.3 is 5.97 Å². The highest BCUT2D eigenvalue weighted by Gasteiger charge is 2.19. The average molecular weight is 344 g/mol. The van der Waals surface area contributed by atoms with Crippen molar-refractivity contribution in [3.63, 3.8) is 0 Å². The molecule has 1 aliphatic heterocycles. The van der Waals surface area contributed by atoms with Crippen LogP contribution in [0.25, 0.3) is 0 Å². The van der Waals surface area contributed by atoms with Gasteiger partial charge in [-0.2, -0.15) is 0 Å². The minimum absolute atomic E-state index is 0.0649. The van der Waals surface area contributed by atoms with Crippen LogP contribution in [0.4, 0.5) is 0 Å². The number of rotatable bonds is 5. The van der Waals surface area contributed by atoms with Crippen molar-refractivity contribution in [1.29, 1.82) is 0 Å². The van der Waals surface area contributed by atoms with Crippen LogP contribution in [-0.2, 0) is 16.0 Å². The number of benzene rings is 1. The van der Waals surface area contributed by atoms with Crippen LogP contribution in [0.3, 0.4) is 0 Å². The molecule has 1 N–H and O–H groups in total. The molecule has 1 aromatic rings. The molecule has 0 unspecified atom stereocenters. The number of hydrogen-bond acceptors (Lipinski definition) is 4. The number of carbonyl (C=O) groups is 2. The van der Waals surface area contributed by atoms with Gasteiger partial charge in [-0.25, -0.2) is 4.79 Å². The molecule has 0 bridgehead atoms. The molecule has 1 aliphatic rings. The highest BCUT2D eigenvalue weighted by molar-refractivity contribution is 5.94. The van der Waals surface area contributed by atoms with Crippen LogP contribution in [0.1, 0.15) is 36.7 Å². The van der Waals surface area contributed by atoms with Crippen LogP contribution < -0.4 is 5.32 Å². The third kappa shape index (κ3) is 4.92. The molecule has 5 nitrogen and oxygen atoms in total. The Balaban J connectivity index is 2.14. The van der Waals surface area contributed by atoms with Gasteiger partial charge in [0.05, 0.1) is 7.11 Å². The normalized spacial score (nSPS) is 15.8. The van der Waals surface area contributed by atoms with Crippen LogP contribution in [0.15, 0.2) is 35.4 Å². The summed E-state index contributed by atoms with van der Waals surface area (Å²) in [5.41, 5.74) is 3.42. The second kappa shape index (κ2) is 8.81. The Morgan fingerprint density at radius 2 is 1.76 bits per heavy atom. The van der Waals surface area contributed by atoms with E-state index in [0.29, 0.717) is 17.6 Å². The van der Waals surface area contributed by atoms with Crippen molar-refractivity contribution in [1.82, 2.24) is 10.2 Å². The zero-order valence-corrected chi connectivity index (χ0v) is 15.6. The lowest BCUT2D eigenvalue weighted by atomic mass is 9.94. The molecule has 136 valence electrons. The fourth-order valence-corrected chi connectivity index (χ4v) is 2.86. The number of hydrogen-bond donors (Lipinski definition) is 1. The van der Waals surface area contributed by atoms with Crippen molar-refractivity contribution in [3.8, 4) is 0 Å². The number of allylic oxidation sites excluding steroid dienone is 1. The first kappa shape index (κ1) is 19.2. The largest absolute Gasteiger partial charge is 0.466 e. The first-order valence-corrected chi connectivity index (χ1v) is 8.81. The monoisotopic (exact) mass is 344 g/mol. The van der Waals surface area contributed by atoms with Gasteiger partial charge in [-0.3, -0.25) is 4.79 Å². The molecule has 1 heterocycles. The van der Waals surface area contributed by atoms with E-state index in [1.54, 1.807) is 0 Å². The van der Waals surface area contributed by atoms with Crippen LogP contribution in [-0.4, -0.2) is 50.1 Å². The smallest absolute Gasteiger partial charge is 0.334 e. The standard InChI is InChI=1S/C20H28N2O3/c1-14(2)15(3)18(20(24)25-4)13-16-5-7-17(8-6-16)19(23)22-11-9-21-10-12-22/h5-8,14,21H,9-13H2,1-4H3/b18-15+. The van der Waals surface area contributed by atoms with Crippen molar-refractivity contribution in [2.24, 2.45) is 5.92 Å². The van der Waals surface area contributed by atoms with Crippen molar-refractivity contribution >= 4 is 11.9 Å². The molecule has 0 radical (unpaired) electrons. The maximum absolute atomic E-state index is 12.5. The van der Waals surface area contributed by atoms with Gasteiger partial charge < -0.3 is 15.0 Å². The third-order valence-corrected chi connectivity index (χ3v) is 4.76. The first-order chi connectivity index (χ1) is 11.9. The van der Waals surface area contributed by atoms with E-state index in [-0.39, 0.29) is 17.8 Å². The summed E-state index contributed by atoms with van der Waals surface area (Å²) in [6.07, 6.45) is 0.513. The summed E-state index contributed by atoms with van der Waals surface area (Å²) in [4.78, 5) is 26.5. The van der Waals surface area contributed by atoms with E-state index in [0.717, 1.165) is 37.3 Å². The molecule has 2 rings (SSSR count). The lowest BCUT2D eigenvalue weighted by molar-refractivity contribution is -0.136. The predicted octanol–water partition coefficient (Wildman–Crippen LogP) is 2.42. The number of ether oxygens (including phenoxy) is 1. The summed E-state index contributed by atoms with van der Waals surface area (Å²) >= 11 is 0. The number of nitrogens with zero attached hydrogens (tertiary/aromatic N) is 1.